The van der Waals surface area contributed by atoms with E-state index in [1.807, 2.05) is 6.92 Å². The number of ether oxygens (including phenoxy) is 2. The molecule has 5 heteroatoms. The number of carbonyl (C=O) groups excluding carboxylic acids is 2. The highest BCUT2D eigenvalue weighted by Gasteiger charge is 2.06. The lowest BCUT2D eigenvalue weighted by Crippen LogP contribution is -2.03. The Labute approximate surface area is 104 Å². The Morgan fingerprint density at radius 2 is 2.29 bits per heavy atom. The molecule has 1 aromatic rings. The second kappa shape index (κ2) is 7.62. The summed E-state index contributed by atoms with van der Waals surface area (Å²) in [5, 5.41) is 1.78. The molecule has 0 amide bonds. The van der Waals surface area contributed by atoms with E-state index in [9.17, 15) is 9.59 Å². The third-order valence-corrected chi connectivity index (χ3v) is 2.69. The van der Waals surface area contributed by atoms with Gasteiger partial charge in [0.1, 0.15) is 11.1 Å². The molecule has 0 N–H and O–H groups in total. The van der Waals surface area contributed by atoms with Gasteiger partial charge < -0.3 is 9.47 Å². The molecule has 4 nitrogen and oxygen atoms in total. The number of thiophene rings is 1. The Morgan fingerprint density at radius 3 is 2.94 bits per heavy atom. The molecule has 1 heterocycles. The fraction of sp³-hybridized carbons (Fsp3) is 0.333. The zero-order chi connectivity index (χ0) is 12.5. The maximum Gasteiger partial charge on any atom is 0.353 e. The summed E-state index contributed by atoms with van der Waals surface area (Å²) >= 11 is 1.28. The molecule has 0 aliphatic carbocycles. The predicted octanol–water partition coefficient (Wildman–Crippen LogP) is 2.76. The van der Waals surface area contributed by atoms with Crippen LogP contribution in [0.4, 0.5) is 0 Å². The smallest absolute Gasteiger partial charge is 0.353 e. The first-order valence-corrected chi connectivity index (χ1v) is 6.19. The average molecular weight is 254 g/mol. The number of rotatable bonds is 6. The lowest BCUT2D eigenvalue weighted by atomic mass is 10.4. The van der Waals surface area contributed by atoms with Gasteiger partial charge in [-0.1, -0.05) is 19.4 Å². The van der Waals surface area contributed by atoms with Crippen LogP contribution in [0.3, 0.4) is 0 Å². The molecule has 17 heavy (non-hydrogen) atoms. The van der Waals surface area contributed by atoms with E-state index in [1.54, 1.807) is 17.5 Å². The fourth-order valence-corrected chi connectivity index (χ4v) is 1.57. The van der Waals surface area contributed by atoms with E-state index < -0.39 is 11.9 Å². The largest absolute Gasteiger partial charge is 0.462 e. The van der Waals surface area contributed by atoms with Gasteiger partial charge in [0.25, 0.3) is 0 Å². The standard InChI is InChI=1S/C12H14O4S/c1-2-3-7-15-11(13)6-8-16-12(14)10-5-4-9-17-10/h4-6,8-9H,2-3,7H2,1H3/b8-6+. The summed E-state index contributed by atoms with van der Waals surface area (Å²) in [7, 11) is 0. The number of carbonyl (C=O) groups is 2. The molecule has 0 aliphatic rings. The van der Waals surface area contributed by atoms with Gasteiger partial charge in [0.2, 0.25) is 0 Å². The third kappa shape index (κ3) is 5.31. The number of hydrogen-bond donors (Lipinski definition) is 0. The summed E-state index contributed by atoms with van der Waals surface area (Å²) < 4.78 is 9.59. The quantitative estimate of drug-likeness (QED) is 0.339. The summed E-state index contributed by atoms with van der Waals surface area (Å²) in [6.07, 6.45) is 3.94. The number of esters is 2. The average Bonchev–Trinajstić information content (AvgIpc) is 2.82. The Kier molecular flexibility index (Phi) is 6.03. The number of hydrogen-bond acceptors (Lipinski definition) is 5. The SMILES string of the molecule is CCCCOC(=O)/C=C/OC(=O)c1cccs1. The molecule has 0 atom stereocenters. The fourth-order valence-electron chi connectivity index (χ4n) is 0.969. The van der Waals surface area contributed by atoms with E-state index in [2.05, 4.69) is 0 Å². The van der Waals surface area contributed by atoms with Crippen molar-refractivity contribution in [1.29, 1.82) is 0 Å². The van der Waals surface area contributed by atoms with E-state index in [0.717, 1.165) is 25.2 Å². The molecular formula is C12H14O4S. The van der Waals surface area contributed by atoms with Crippen molar-refractivity contribution in [2.75, 3.05) is 6.61 Å². The van der Waals surface area contributed by atoms with E-state index in [4.69, 9.17) is 9.47 Å². The molecule has 0 aliphatic heterocycles. The van der Waals surface area contributed by atoms with Gasteiger partial charge in [-0.15, -0.1) is 11.3 Å². The molecule has 92 valence electrons. The van der Waals surface area contributed by atoms with Crippen molar-refractivity contribution in [1.82, 2.24) is 0 Å². The highest BCUT2D eigenvalue weighted by Crippen LogP contribution is 2.09. The van der Waals surface area contributed by atoms with Gasteiger partial charge in [-0.25, -0.2) is 9.59 Å². The third-order valence-electron chi connectivity index (χ3n) is 1.84. The molecule has 0 spiro atoms. The Morgan fingerprint density at radius 1 is 1.47 bits per heavy atom. The van der Waals surface area contributed by atoms with Crippen LogP contribution < -0.4 is 0 Å². The normalized spacial score (nSPS) is 10.4. The van der Waals surface area contributed by atoms with E-state index in [0.29, 0.717) is 11.5 Å². The van der Waals surface area contributed by atoms with Crippen LogP contribution in [0.2, 0.25) is 0 Å². The van der Waals surface area contributed by atoms with Crippen molar-refractivity contribution in [3.63, 3.8) is 0 Å². The Hall–Kier alpha value is -1.62. The van der Waals surface area contributed by atoms with Crippen LogP contribution in [0.25, 0.3) is 0 Å². The number of unbranched alkanes of at least 4 members (excludes halogenated alkanes) is 1. The van der Waals surface area contributed by atoms with E-state index >= 15 is 0 Å². The second-order valence-corrected chi connectivity index (χ2v) is 4.15. The van der Waals surface area contributed by atoms with Crippen molar-refractivity contribution < 1.29 is 19.1 Å². The predicted molar refractivity (Wildman–Crippen MR) is 64.7 cm³/mol. The van der Waals surface area contributed by atoms with Crippen LogP contribution in [-0.4, -0.2) is 18.5 Å². The van der Waals surface area contributed by atoms with Gasteiger partial charge in [-0.2, -0.15) is 0 Å². The van der Waals surface area contributed by atoms with Crippen LogP contribution in [0.1, 0.15) is 29.4 Å². The zero-order valence-electron chi connectivity index (χ0n) is 9.55. The maximum absolute atomic E-state index is 11.3. The highest BCUT2D eigenvalue weighted by atomic mass is 32.1. The van der Waals surface area contributed by atoms with Crippen LogP contribution in [-0.2, 0) is 14.3 Å². The summed E-state index contributed by atoms with van der Waals surface area (Å²) in [5.41, 5.74) is 0. The summed E-state index contributed by atoms with van der Waals surface area (Å²) in [4.78, 5) is 22.9. The van der Waals surface area contributed by atoms with Gasteiger partial charge in [0.05, 0.1) is 12.7 Å². The molecule has 0 saturated heterocycles. The molecule has 0 fully saturated rings. The maximum atomic E-state index is 11.3. The summed E-state index contributed by atoms with van der Waals surface area (Å²) in [6.45, 7) is 2.39. The molecular weight excluding hydrogens is 240 g/mol. The zero-order valence-corrected chi connectivity index (χ0v) is 10.4. The van der Waals surface area contributed by atoms with Crippen molar-refractivity contribution in [3.8, 4) is 0 Å². The van der Waals surface area contributed by atoms with Crippen molar-refractivity contribution in [3.05, 3.63) is 34.7 Å². The second-order valence-electron chi connectivity index (χ2n) is 3.21. The Balaban J connectivity index is 2.25. The van der Waals surface area contributed by atoms with Gasteiger partial charge >= 0.3 is 11.9 Å². The van der Waals surface area contributed by atoms with Gasteiger partial charge in [-0.3, -0.25) is 0 Å². The minimum absolute atomic E-state index is 0.387. The first-order chi connectivity index (χ1) is 8.24. The van der Waals surface area contributed by atoms with Crippen LogP contribution in [0, 0.1) is 0 Å². The minimum atomic E-state index is -0.502. The van der Waals surface area contributed by atoms with Gasteiger partial charge in [0.15, 0.2) is 0 Å². The van der Waals surface area contributed by atoms with Crippen molar-refractivity contribution in [2.45, 2.75) is 19.8 Å². The van der Waals surface area contributed by atoms with Crippen molar-refractivity contribution >= 4 is 23.3 Å². The molecule has 0 saturated carbocycles. The Bertz CT molecular complexity index is 381. The summed E-state index contributed by atoms with van der Waals surface area (Å²) in [6, 6.07) is 3.41. The monoisotopic (exact) mass is 254 g/mol. The van der Waals surface area contributed by atoms with E-state index in [1.165, 1.54) is 11.3 Å². The minimum Gasteiger partial charge on any atom is -0.462 e. The molecule has 1 rings (SSSR count). The van der Waals surface area contributed by atoms with Gasteiger partial charge in [-0.05, 0) is 17.9 Å². The molecule has 0 bridgehead atoms. The van der Waals surface area contributed by atoms with Gasteiger partial charge in [0, 0.05) is 0 Å². The lowest BCUT2D eigenvalue weighted by Gasteiger charge is -1.99. The molecule has 0 aromatic carbocycles. The first kappa shape index (κ1) is 13.4. The van der Waals surface area contributed by atoms with Crippen LogP contribution in [0.15, 0.2) is 29.9 Å². The highest BCUT2D eigenvalue weighted by molar-refractivity contribution is 7.11. The first-order valence-electron chi connectivity index (χ1n) is 5.32. The molecule has 1 aromatic heterocycles. The molecule has 0 radical (unpaired) electrons. The van der Waals surface area contributed by atoms with Crippen LogP contribution >= 0.6 is 11.3 Å². The summed E-state index contributed by atoms with van der Waals surface area (Å²) in [5.74, 6) is -0.977. The lowest BCUT2D eigenvalue weighted by molar-refractivity contribution is -0.137. The molecule has 0 unspecified atom stereocenters. The topological polar surface area (TPSA) is 52.6 Å². The van der Waals surface area contributed by atoms with E-state index in [-0.39, 0.29) is 0 Å². The van der Waals surface area contributed by atoms with Crippen molar-refractivity contribution in [2.24, 2.45) is 0 Å². The van der Waals surface area contributed by atoms with Crippen LogP contribution in [0.5, 0.6) is 0 Å².